The Morgan fingerprint density at radius 2 is 1.72 bits per heavy atom. The molecule has 2 heteroatoms. The fourth-order valence-electron chi connectivity index (χ4n) is 1.85. The number of ether oxygens (including phenoxy) is 1. The molecule has 0 bridgehead atoms. The highest BCUT2D eigenvalue weighted by molar-refractivity contribution is 14.1. The van der Waals surface area contributed by atoms with E-state index in [1.54, 1.807) is 0 Å². The zero-order valence-corrected chi connectivity index (χ0v) is 12.9. The molecule has 2 rings (SSSR count). The van der Waals surface area contributed by atoms with E-state index in [2.05, 4.69) is 78.9 Å². The zero-order valence-electron chi connectivity index (χ0n) is 10.7. The molecule has 0 fully saturated rings. The predicted octanol–water partition coefficient (Wildman–Crippen LogP) is 4.82. The summed E-state index contributed by atoms with van der Waals surface area (Å²) in [6.45, 7) is 4.81. The standard InChI is InChI=1S/C16H17IO/c1-12-7-8-13(2)16(9-12)18-11-15-6-4-3-5-14(15)10-17/h3-9H,10-11H2,1-2H3. The van der Waals surface area contributed by atoms with Crippen LogP contribution in [-0.4, -0.2) is 0 Å². The Morgan fingerprint density at radius 1 is 1.00 bits per heavy atom. The van der Waals surface area contributed by atoms with E-state index in [1.807, 2.05) is 0 Å². The van der Waals surface area contributed by atoms with Gasteiger partial charge in [-0.1, -0.05) is 59.0 Å². The molecule has 0 unspecified atom stereocenters. The van der Waals surface area contributed by atoms with Crippen molar-refractivity contribution in [2.24, 2.45) is 0 Å². The molecule has 0 aromatic heterocycles. The molecule has 0 saturated carbocycles. The van der Waals surface area contributed by atoms with E-state index in [9.17, 15) is 0 Å². The molecule has 1 nitrogen and oxygen atoms in total. The van der Waals surface area contributed by atoms with Gasteiger partial charge in [0.25, 0.3) is 0 Å². The lowest BCUT2D eigenvalue weighted by molar-refractivity contribution is 0.303. The summed E-state index contributed by atoms with van der Waals surface area (Å²) >= 11 is 2.39. The molecule has 0 aliphatic carbocycles. The van der Waals surface area contributed by atoms with Gasteiger partial charge >= 0.3 is 0 Å². The van der Waals surface area contributed by atoms with Crippen molar-refractivity contribution in [3.05, 3.63) is 64.7 Å². The lowest BCUT2D eigenvalue weighted by Gasteiger charge is -2.12. The average Bonchev–Trinajstić information content (AvgIpc) is 2.40. The maximum absolute atomic E-state index is 5.94. The van der Waals surface area contributed by atoms with Crippen LogP contribution in [0.4, 0.5) is 0 Å². The van der Waals surface area contributed by atoms with Gasteiger partial charge in [-0.05, 0) is 42.2 Å². The fourth-order valence-corrected chi connectivity index (χ4v) is 2.59. The lowest BCUT2D eigenvalue weighted by Crippen LogP contribution is -2.00. The molecule has 0 aliphatic heterocycles. The number of halogens is 1. The molecule has 94 valence electrons. The summed E-state index contributed by atoms with van der Waals surface area (Å²) in [7, 11) is 0. The summed E-state index contributed by atoms with van der Waals surface area (Å²) in [6, 6.07) is 14.8. The van der Waals surface area contributed by atoms with Gasteiger partial charge in [-0.3, -0.25) is 0 Å². The smallest absolute Gasteiger partial charge is 0.122 e. The van der Waals surface area contributed by atoms with Crippen molar-refractivity contribution in [2.75, 3.05) is 0 Å². The number of hydrogen-bond acceptors (Lipinski definition) is 1. The second-order valence-corrected chi connectivity index (χ2v) is 5.22. The molecule has 0 heterocycles. The van der Waals surface area contributed by atoms with Crippen LogP contribution in [0.2, 0.25) is 0 Å². The van der Waals surface area contributed by atoms with Gasteiger partial charge in [0.2, 0.25) is 0 Å². The first-order chi connectivity index (χ1) is 8.70. The normalized spacial score (nSPS) is 10.4. The van der Waals surface area contributed by atoms with E-state index in [1.165, 1.54) is 22.3 Å². The van der Waals surface area contributed by atoms with Gasteiger partial charge in [-0.15, -0.1) is 0 Å². The molecular formula is C16H17IO. The minimum atomic E-state index is 0.642. The molecule has 0 radical (unpaired) electrons. The van der Waals surface area contributed by atoms with Crippen LogP contribution >= 0.6 is 22.6 Å². The number of hydrogen-bond donors (Lipinski definition) is 0. The monoisotopic (exact) mass is 352 g/mol. The van der Waals surface area contributed by atoms with E-state index >= 15 is 0 Å². The van der Waals surface area contributed by atoms with Crippen LogP contribution in [0.1, 0.15) is 22.3 Å². The molecule has 2 aromatic rings. The third-order valence-electron chi connectivity index (χ3n) is 2.99. The van der Waals surface area contributed by atoms with Crippen LogP contribution < -0.4 is 4.74 Å². The molecule has 0 atom stereocenters. The Hall–Kier alpha value is -1.03. The van der Waals surface area contributed by atoms with Crippen molar-refractivity contribution in [1.82, 2.24) is 0 Å². The van der Waals surface area contributed by atoms with Gasteiger partial charge in [0.15, 0.2) is 0 Å². The van der Waals surface area contributed by atoms with Crippen LogP contribution in [0.3, 0.4) is 0 Å². The lowest BCUT2D eigenvalue weighted by atomic mass is 10.1. The molecule has 0 N–H and O–H groups in total. The summed E-state index contributed by atoms with van der Waals surface area (Å²) in [6.07, 6.45) is 0. The van der Waals surface area contributed by atoms with Gasteiger partial charge in [0, 0.05) is 4.43 Å². The zero-order chi connectivity index (χ0) is 13.0. The molecule has 0 saturated heterocycles. The van der Waals surface area contributed by atoms with Gasteiger partial charge in [-0.2, -0.15) is 0 Å². The average molecular weight is 352 g/mol. The molecule has 18 heavy (non-hydrogen) atoms. The van der Waals surface area contributed by atoms with Gasteiger partial charge in [-0.25, -0.2) is 0 Å². The van der Waals surface area contributed by atoms with Gasteiger partial charge in [0.1, 0.15) is 12.4 Å². The first kappa shape index (κ1) is 13.4. The van der Waals surface area contributed by atoms with E-state index in [-0.39, 0.29) is 0 Å². The van der Waals surface area contributed by atoms with Gasteiger partial charge < -0.3 is 4.74 Å². The summed E-state index contributed by atoms with van der Waals surface area (Å²) in [5.74, 6) is 0.985. The molecule has 0 spiro atoms. The number of alkyl halides is 1. The first-order valence-electron chi connectivity index (χ1n) is 6.03. The second-order valence-electron chi connectivity index (χ2n) is 4.46. The fraction of sp³-hybridized carbons (Fsp3) is 0.250. The highest BCUT2D eigenvalue weighted by Gasteiger charge is 2.03. The minimum Gasteiger partial charge on any atom is -0.489 e. The quantitative estimate of drug-likeness (QED) is 0.566. The van der Waals surface area contributed by atoms with Crippen LogP contribution in [0.25, 0.3) is 0 Å². The Kier molecular flexibility index (Phi) is 4.64. The van der Waals surface area contributed by atoms with Crippen molar-refractivity contribution < 1.29 is 4.74 Å². The SMILES string of the molecule is Cc1ccc(C)c(OCc2ccccc2CI)c1. The summed E-state index contributed by atoms with van der Waals surface area (Å²) < 4.78 is 6.96. The van der Waals surface area contributed by atoms with Gasteiger partial charge in [0.05, 0.1) is 0 Å². The minimum absolute atomic E-state index is 0.642. The van der Waals surface area contributed by atoms with E-state index in [0.29, 0.717) is 6.61 Å². The molecular weight excluding hydrogens is 335 g/mol. The molecule has 2 aromatic carbocycles. The van der Waals surface area contributed by atoms with Crippen molar-refractivity contribution >= 4 is 22.6 Å². The number of benzene rings is 2. The Morgan fingerprint density at radius 3 is 2.44 bits per heavy atom. The summed E-state index contributed by atoms with van der Waals surface area (Å²) in [5.41, 5.74) is 5.04. The van der Waals surface area contributed by atoms with Crippen LogP contribution in [-0.2, 0) is 11.0 Å². The Balaban J connectivity index is 2.14. The highest BCUT2D eigenvalue weighted by Crippen LogP contribution is 2.21. The highest BCUT2D eigenvalue weighted by atomic mass is 127. The Bertz CT molecular complexity index is 534. The Labute approximate surface area is 122 Å². The second kappa shape index (κ2) is 6.23. The topological polar surface area (TPSA) is 9.23 Å². The van der Waals surface area contributed by atoms with E-state index in [0.717, 1.165) is 10.2 Å². The third kappa shape index (κ3) is 3.25. The first-order valence-corrected chi connectivity index (χ1v) is 7.56. The molecule has 0 aliphatic rings. The maximum atomic E-state index is 5.94. The van der Waals surface area contributed by atoms with Crippen molar-refractivity contribution in [3.63, 3.8) is 0 Å². The number of rotatable bonds is 4. The van der Waals surface area contributed by atoms with Crippen molar-refractivity contribution in [2.45, 2.75) is 24.9 Å². The summed E-state index contributed by atoms with van der Waals surface area (Å²) in [4.78, 5) is 0. The van der Waals surface area contributed by atoms with E-state index in [4.69, 9.17) is 4.74 Å². The van der Waals surface area contributed by atoms with Crippen molar-refractivity contribution in [3.8, 4) is 5.75 Å². The van der Waals surface area contributed by atoms with Crippen LogP contribution in [0, 0.1) is 13.8 Å². The predicted molar refractivity (Wildman–Crippen MR) is 84.4 cm³/mol. The largest absolute Gasteiger partial charge is 0.489 e. The third-order valence-corrected chi connectivity index (χ3v) is 3.81. The molecule has 0 amide bonds. The van der Waals surface area contributed by atoms with Crippen molar-refractivity contribution in [1.29, 1.82) is 0 Å². The maximum Gasteiger partial charge on any atom is 0.122 e. The number of aryl methyl sites for hydroxylation is 2. The van der Waals surface area contributed by atoms with Crippen LogP contribution in [0.15, 0.2) is 42.5 Å². The van der Waals surface area contributed by atoms with E-state index < -0.39 is 0 Å². The summed E-state index contributed by atoms with van der Waals surface area (Å²) in [5, 5.41) is 0. The van der Waals surface area contributed by atoms with Crippen LogP contribution in [0.5, 0.6) is 5.75 Å².